The highest BCUT2D eigenvalue weighted by Gasteiger charge is 2.35. The minimum absolute atomic E-state index is 0.0457. The van der Waals surface area contributed by atoms with Gasteiger partial charge in [0.2, 0.25) is 0 Å². The van der Waals surface area contributed by atoms with E-state index in [1.165, 1.54) is 23.1 Å². The molecular weight excluding hydrogens is 562 g/mol. The number of carbonyl (C=O) groups is 2. The Morgan fingerprint density at radius 3 is 2.50 bits per heavy atom. The summed E-state index contributed by atoms with van der Waals surface area (Å²) in [6, 6.07) is 10.1. The van der Waals surface area contributed by atoms with Crippen LogP contribution in [-0.2, 0) is 10.0 Å². The van der Waals surface area contributed by atoms with Crippen LogP contribution in [-0.4, -0.2) is 79.3 Å². The van der Waals surface area contributed by atoms with Gasteiger partial charge in [-0.25, -0.2) is 13.2 Å². The molecule has 3 N–H and O–H groups in total. The number of anilines is 2. The van der Waals surface area contributed by atoms with Gasteiger partial charge in [0.1, 0.15) is 17.5 Å². The van der Waals surface area contributed by atoms with Gasteiger partial charge in [-0.05, 0) is 52.0 Å². The van der Waals surface area contributed by atoms with Crippen molar-refractivity contribution in [2.45, 2.75) is 51.7 Å². The molecule has 0 radical (unpaired) electrons. The van der Waals surface area contributed by atoms with Gasteiger partial charge < -0.3 is 29.5 Å². The molecule has 1 aromatic heterocycles. The topological polar surface area (TPSA) is 154 Å². The molecule has 3 amide bonds. The zero-order valence-electron chi connectivity index (χ0n) is 24.5. The van der Waals surface area contributed by atoms with Crippen molar-refractivity contribution >= 4 is 33.3 Å². The van der Waals surface area contributed by atoms with Crippen molar-refractivity contribution in [3.8, 4) is 5.75 Å². The number of benzene rings is 2. The predicted octanol–water partition coefficient (Wildman–Crippen LogP) is 3.78. The molecule has 3 aromatic rings. The second-order valence-electron chi connectivity index (χ2n) is 10.7. The number of amides is 3. The molecular formula is C29H37N5O7S. The summed E-state index contributed by atoms with van der Waals surface area (Å²) in [6.45, 7) is 8.95. The fraction of sp³-hybridized carbons (Fsp3) is 0.414. The van der Waals surface area contributed by atoms with E-state index in [4.69, 9.17) is 9.26 Å². The molecule has 1 aliphatic heterocycles. The van der Waals surface area contributed by atoms with Crippen LogP contribution in [0.25, 0.3) is 0 Å². The van der Waals surface area contributed by atoms with Gasteiger partial charge in [0, 0.05) is 19.5 Å². The fourth-order valence-corrected chi connectivity index (χ4v) is 5.74. The molecule has 2 aromatic carbocycles. The van der Waals surface area contributed by atoms with Crippen molar-refractivity contribution in [2.24, 2.45) is 5.92 Å². The van der Waals surface area contributed by atoms with Crippen LogP contribution in [0.3, 0.4) is 0 Å². The Morgan fingerprint density at radius 2 is 1.88 bits per heavy atom. The number of rotatable bonds is 8. The zero-order valence-corrected chi connectivity index (χ0v) is 25.4. The monoisotopic (exact) mass is 599 g/mol. The van der Waals surface area contributed by atoms with Crippen molar-refractivity contribution in [1.29, 1.82) is 0 Å². The van der Waals surface area contributed by atoms with Crippen LogP contribution in [0.15, 0.2) is 51.9 Å². The van der Waals surface area contributed by atoms with Gasteiger partial charge in [0.15, 0.2) is 11.5 Å². The average Bonchev–Trinajstić information content (AvgIpc) is 3.26. The maximum absolute atomic E-state index is 13.7. The summed E-state index contributed by atoms with van der Waals surface area (Å²) < 4.78 is 40.7. The maximum Gasteiger partial charge on any atom is 0.321 e. The number of aryl methyl sites for hydroxylation is 3. The van der Waals surface area contributed by atoms with Crippen LogP contribution in [0.1, 0.15) is 41.2 Å². The van der Waals surface area contributed by atoms with Crippen molar-refractivity contribution in [2.75, 3.05) is 36.8 Å². The summed E-state index contributed by atoms with van der Waals surface area (Å²) in [6.07, 6.45) is -0.657. The molecule has 13 heteroatoms. The van der Waals surface area contributed by atoms with Crippen LogP contribution in [0.4, 0.5) is 16.2 Å². The first kappa shape index (κ1) is 30.8. The summed E-state index contributed by atoms with van der Waals surface area (Å²) in [7, 11) is -2.42. The number of likely N-dealkylation sites (N-methyl/N-ethyl adjacent to an activating group) is 1. The van der Waals surface area contributed by atoms with Crippen LogP contribution < -0.4 is 14.8 Å². The van der Waals surface area contributed by atoms with Gasteiger partial charge >= 0.3 is 6.03 Å². The number of fused-ring (bicyclic) bond motifs is 1. The van der Waals surface area contributed by atoms with Gasteiger partial charge in [-0.3, -0.25) is 9.52 Å². The van der Waals surface area contributed by atoms with Crippen molar-refractivity contribution in [1.82, 2.24) is 15.0 Å². The Bertz CT molecular complexity index is 1540. The summed E-state index contributed by atoms with van der Waals surface area (Å²) in [5.74, 6) is -0.203. The number of para-hydroxylation sites is 1. The number of aliphatic hydroxyl groups excluding tert-OH is 1. The lowest BCUT2D eigenvalue weighted by molar-refractivity contribution is 0.0373. The normalized spacial score (nSPS) is 17.9. The molecule has 2 heterocycles. The van der Waals surface area contributed by atoms with E-state index in [1.54, 1.807) is 57.0 Å². The Kier molecular flexibility index (Phi) is 9.12. The van der Waals surface area contributed by atoms with E-state index in [9.17, 15) is 23.1 Å². The first-order valence-corrected chi connectivity index (χ1v) is 15.1. The number of aliphatic hydroxyl groups is 1. The number of nitrogens with one attached hydrogen (secondary N) is 2. The summed E-state index contributed by atoms with van der Waals surface area (Å²) in [5.41, 5.74) is 2.14. The number of carbonyl (C=O) groups excluding carboxylic acids is 2. The third-order valence-electron chi connectivity index (χ3n) is 7.33. The van der Waals surface area contributed by atoms with Gasteiger partial charge in [-0.2, -0.15) is 0 Å². The second-order valence-corrected chi connectivity index (χ2v) is 12.4. The SMILES string of the molecule is Cc1ccc(S(=O)(=O)Nc2cccc3c2O[C@H](CN(C)C(=O)Nc2c(C)noc2C)[C@@H](C)CN([C@@H](C)CO)C3=O)cc1. The van der Waals surface area contributed by atoms with Crippen LogP contribution >= 0.6 is 0 Å². The number of nitrogens with zero attached hydrogens (tertiary/aromatic N) is 3. The molecule has 0 fully saturated rings. The lowest BCUT2D eigenvalue weighted by atomic mass is 9.99. The highest BCUT2D eigenvalue weighted by Crippen LogP contribution is 2.36. The maximum atomic E-state index is 13.7. The van der Waals surface area contributed by atoms with E-state index in [2.05, 4.69) is 15.2 Å². The van der Waals surface area contributed by atoms with E-state index in [0.717, 1.165) is 5.56 Å². The molecule has 0 unspecified atom stereocenters. The number of aromatic nitrogens is 1. The summed E-state index contributed by atoms with van der Waals surface area (Å²) in [5, 5.41) is 16.6. The lowest BCUT2D eigenvalue weighted by Gasteiger charge is -2.38. The van der Waals surface area contributed by atoms with E-state index in [0.29, 0.717) is 17.1 Å². The van der Waals surface area contributed by atoms with E-state index in [1.807, 2.05) is 13.8 Å². The molecule has 12 nitrogen and oxygen atoms in total. The molecule has 0 spiro atoms. The highest BCUT2D eigenvalue weighted by molar-refractivity contribution is 7.92. The largest absolute Gasteiger partial charge is 0.485 e. The minimum Gasteiger partial charge on any atom is -0.485 e. The summed E-state index contributed by atoms with van der Waals surface area (Å²) in [4.78, 5) is 29.8. The van der Waals surface area contributed by atoms with Crippen LogP contribution in [0.5, 0.6) is 5.75 Å². The molecule has 1 aliphatic rings. The first-order valence-electron chi connectivity index (χ1n) is 13.6. The summed E-state index contributed by atoms with van der Waals surface area (Å²) >= 11 is 0. The molecule has 0 saturated heterocycles. The van der Waals surface area contributed by atoms with Crippen molar-refractivity contribution in [3.63, 3.8) is 0 Å². The molecule has 4 rings (SSSR count). The molecule has 0 aliphatic carbocycles. The predicted molar refractivity (Wildman–Crippen MR) is 157 cm³/mol. The number of ether oxygens (including phenoxy) is 1. The number of hydrogen-bond donors (Lipinski definition) is 3. The number of urea groups is 1. The third kappa shape index (κ3) is 6.52. The van der Waals surface area contributed by atoms with Gasteiger partial charge in [-0.15, -0.1) is 0 Å². The Labute approximate surface area is 245 Å². The van der Waals surface area contributed by atoms with E-state index in [-0.39, 0.29) is 47.5 Å². The Hall–Kier alpha value is -4.10. The van der Waals surface area contributed by atoms with Gasteiger partial charge in [-0.1, -0.05) is 35.8 Å². The quantitative estimate of drug-likeness (QED) is 0.353. The Balaban J connectivity index is 1.70. The zero-order chi connectivity index (χ0) is 30.8. The third-order valence-corrected chi connectivity index (χ3v) is 8.71. The van der Waals surface area contributed by atoms with Gasteiger partial charge in [0.05, 0.1) is 35.3 Å². The molecule has 42 heavy (non-hydrogen) atoms. The number of sulfonamides is 1. The van der Waals surface area contributed by atoms with Crippen LogP contribution in [0.2, 0.25) is 0 Å². The molecule has 3 atom stereocenters. The highest BCUT2D eigenvalue weighted by atomic mass is 32.2. The van der Waals surface area contributed by atoms with Crippen molar-refractivity contribution in [3.05, 3.63) is 65.0 Å². The van der Waals surface area contributed by atoms with E-state index >= 15 is 0 Å². The van der Waals surface area contributed by atoms with Crippen molar-refractivity contribution < 1.29 is 32.4 Å². The fourth-order valence-electron chi connectivity index (χ4n) is 4.68. The Morgan fingerprint density at radius 1 is 1.19 bits per heavy atom. The second kappa shape index (κ2) is 12.4. The standard InChI is InChI=1S/C29H37N5O7S/c1-17-10-12-22(13-11-17)42(38,39)32-24-9-7-8-23-27(24)40-25(18(2)14-34(28(23)36)19(3)16-35)15-33(6)29(37)30-26-20(4)31-41-21(26)5/h7-13,18-19,25,32,35H,14-16H2,1-6H3,(H,30,37)/t18-,19-,25+/m0/s1. The molecule has 0 bridgehead atoms. The molecule has 0 saturated carbocycles. The smallest absolute Gasteiger partial charge is 0.321 e. The molecule has 226 valence electrons. The van der Waals surface area contributed by atoms with Crippen LogP contribution in [0, 0.1) is 26.7 Å². The average molecular weight is 600 g/mol. The lowest BCUT2D eigenvalue weighted by Crippen LogP contribution is -2.50. The first-order chi connectivity index (χ1) is 19.8. The van der Waals surface area contributed by atoms with Gasteiger partial charge in [0.25, 0.3) is 15.9 Å². The van der Waals surface area contributed by atoms with E-state index < -0.39 is 34.1 Å². The number of hydrogen-bond acceptors (Lipinski definition) is 8. The minimum atomic E-state index is -4.03.